The molecule has 2 atom stereocenters. The fraction of sp³-hybridized carbons (Fsp3) is 0.231. The van der Waals surface area contributed by atoms with Gasteiger partial charge in [-0.05, 0) is 37.3 Å². The summed E-state index contributed by atoms with van der Waals surface area (Å²) in [5, 5.41) is 0.201. The van der Waals surface area contributed by atoms with Crippen molar-refractivity contribution in [2.75, 3.05) is 0 Å². The van der Waals surface area contributed by atoms with E-state index in [1.165, 1.54) is 18.2 Å². The lowest BCUT2D eigenvalue weighted by atomic mass is 10.1. The van der Waals surface area contributed by atoms with Crippen LogP contribution >= 0.6 is 11.6 Å². The van der Waals surface area contributed by atoms with Crippen LogP contribution in [0.25, 0.3) is 0 Å². The summed E-state index contributed by atoms with van der Waals surface area (Å²) in [5.41, 5.74) is 5.85. The second-order valence-electron chi connectivity index (χ2n) is 3.99. The first-order valence-electron chi connectivity index (χ1n) is 5.48. The molecule has 1 aromatic heterocycles. The van der Waals surface area contributed by atoms with Gasteiger partial charge in [0.15, 0.2) is 6.10 Å². The van der Waals surface area contributed by atoms with Crippen molar-refractivity contribution in [1.82, 2.24) is 0 Å². The fourth-order valence-corrected chi connectivity index (χ4v) is 1.80. The highest BCUT2D eigenvalue weighted by Gasteiger charge is 2.22. The minimum Gasteiger partial charge on any atom is -0.479 e. The Morgan fingerprint density at radius 3 is 2.72 bits per heavy atom. The first-order valence-corrected chi connectivity index (χ1v) is 5.86. The van der Waals surface area contributed by atoms with E-state index in [1.807, 2.05) is 0 Å². The summed E-state index contributed by atoms with van der Waals surface area (Å²) >= 11 is 5.90. The summed E-state index contributed by atoms with van der Waals surface area (Å²) in [5.74, 6) is 0.560. The fourth-order valence-electron chi connectivity index (χ4n) is 1.59. The van der Waals surface area contributed by atoms with Gasteiger partial charge in [-0.2, -0.15) is 0 Å². The van der Waals surface area contributed by atoms with Crippen LogP contribution in [0.2, 0.25) is 5.02 Å². The van der Waals surface area contributed by atoms with Gasteiger partial charge in [-0.15, -0.1) is 0 Å². The largest absolute Gasteiger partial charge is 0.479 e. The van der Waals surface area contributed by atoms with E-state index in [0.29, 0.717) is 11.5 Å². The normalized spacial score (nSPS) is 14.2. The Morgan fingerprint density at radius 1 is 1.39 bits per heavy atom. The van der Waals surface area contributed by atoms with Gasteiger partial charge in [0.1, 0.15) is 17.3 Å². The highest BCUT2D eigenvalue weighted by Crippen LogP contribution is 2.30. The van der Waals surface area contributed by atoms with Crippen molar-refractivity contribution in [3.8, 4) is 5.75 Å². The van der Waals surface area contributed by atoms with E-state index in [4.69, 9.17) is 26.5 Å². The molecule has 2 unspecified atom stereocenters. The molecule has 18 heavy (non-hydrogen) atoms. The molecule has 2 N–H and O–H groups in total. The van der Waals surface area contributed by atoms with Gasteiger partial charge < -0.3 is 14.9 Å². The van der Waals surface area contributed by atoms with Crippen LogP contribution in [-0.2, 0) is 0 Å². The molecule has 0 aliphatic rings. The Labute approximate surface area is 109 Å². The van der Waals surface area contributed by atoms with E-state index in [0.717, 1.165) is 0 Å². The van der Waals surface area contributed by atoms with Crippen molar-refractivity contribution in [3.63, 3.8) is 0 Å². The number of nitrogens with two attached hydrogens (primary N) is 1. The smallest absolute Gasteiger partial charge is 0.171 e. The minimum absolute atomic E-state index is 0.201. The van der Waals surface area contributed by atoms with E-state index < -0.39 is 11.9 Å². The molecule has 0 aliphatic carbocycles. The molecule has 0 aliphatic heterocycles. The van der Waals surface area contributed by atoms with Crippen molar-refractivity contribution in [1.29, 1.82) is 0 Å². The Morgan fingerprint density at radius 2 is 2.17 bits per heavy atom. The predicted molar refractivity (Wildman–Crippen MR) is 67.1 cm³/mol. The van der Waals surface area contributed by atoms with Gasteiger partial charge in [-0.1, -0.05) is 11.6 Å². The lowest BCUT2D eigenvalue weighted by Crippen LogP contribution is -2.28. The van der Waals surface area contributed by atoms with Crippen LogP contribution in [0.3, 0.4) is 0 Å². The molecular formula is C13H13ClFNO2. The average molecular weight is 270 g/mol. The van der Waals surface area contributed by atoms with Crippen LogP contribution in [0.1, 0.15) is 18.8 Å². The number of benzene rings is 1. The van der Waals surface area contributed by atoms with Crippen LogP contribution in [0.4, 0.5) is 4.39 Å². The Hall–Kier alpha value is -1.52. The molecule has 3 nitrogen and oxygen atoms in total. The Balaban J connectivity index is 2.24. The summed E-state index contributed by atoms with van der Waals surface area (Å²) in [6, 6.07) is 7.16. The first kappa shape index (κ1) is 12.9. The molecule has 1 heterocycles. The van der Waals surface area contributed by atoms with Crippen LogP contribution in [0.15, 0.2) is 41.0 Å². The third-order valence-corrected chi connectivity index (χ3v) is 2.74. The average Bonchev–Trinajstić information content (AvgIpc) is 2.80. The number of halogens is 2. The van der Waals surface area contributed by atoms with Gasteiger partial charge in [0.2, 0.25) is 0 Å². The first-order chi connectivity index (χ1) is 8.58. The standard InChI is InChI=1S/C13H13ClFNO2/c1-8(16)13(12-3-2-6-17-12)18-11-5-4-9(15)7-10(11)14/h2-8,13H,16H2,1H3. The molecule has 0 amide bonds. The Bertz CT molecular complexity index is 514. The molecule has 2 aromatic rings. The summed E-state index contributed by atoms with van der Waals surface area (Å²) in [6.07, 6.45) is 1.07. The van der Waals surface area contributed by atoms with E-state index in [1.54, 1.807) is 25.3 Å². The molecule has 5 heteroatoms. The molecule has 0 saturated heterocycles. The quantitative estimate of drug-likeness (QED) is 0.923. The topological polar surface area (TPSA) is 48.4 Å². The molecule has 2 rings (SSSR count). The maximum absolute atomic E-state index is 12.9. The highest BCUT2D eigenvalue weighted by molar-refractivity contribution is 6.32. The summed E-state index contributed by atoms with van der Waals surface area (Å²) in [7, 11) is 0. The molecule has 0 saturated carbocycles. The van der Waals surface area contributed by atoms with Crippen LogP contribution in [0.5, 0.6) is 5.75 Å². The monoisotopic (exact) mass is 269 g/mol. The molecule has 0 spiro atoms. The van der Waals surface area contributed by atoms with Gasteiger partial charge in [0.25, 0.3) is 0 Å². The SMILES string of the molecule is CC(N)C(Oc1ccc(F)cc1Cl)c1ccco1. The second kappa shape index (κ2) is 5.42. The lowest BCUT2D eigenvalue weighted by Gasteiger charge is -2.21. The Kier molecular flexibility index (Phi) is 3.89. The van der Waals surface area contributed by atoms with Gasteiger partial charge >= 0.3 is 0 Å². The van der Waals surface area contributed by atoms with Crippen molar-refractivity contribution in [3.05, 3.63) is 53.2 Å². The van der Waals surface area contributed by atoms with Crippen LogP contribution in [-0.4, -0.2) is 6.04 Å². The van der Waals surface area contributed by atoms with E-state index in [2.05, 4.69) is 0 Å². The lowest BCUT2D eigenvalue weighted by molar-refractivity contribution is 0.153. The van der Waals surface area contributed by atoms with Crippen molar-refractivity contribution in [2.24, 2.45) is 5.73 Å². The van der Waals surface area contributed by atoms with E-state index >= 15 is 0 Å². The molecule has 1 aromatic carbocycles. The van der Waals surface area contributed by atoms with E-state index in [9.17, 15) is 4.39 Å². The predicted octanol–water partition coefficient (Wildman–Crippen LogP) is 3.54. The third-order valence-electron chi connectivity index (χ3n) is 2.45. The number of hydrogen-bond acceptors (Lipinski definition) is 3. The number of furan rings is 1. The van der Waals surface area contributed by atoms with Gasteiger partial charge in [-0.25, -0.2) is 4.39 Å². The minimum atomic E-state index is -0.469. The third kappa shape index (κ3) is 2.83. The maximum Gasteiger partial charge on any atom is 0.171 e. The zero-order valence-electron chi connectivity index (χ0n) is 9.77. The van der Waals surface area contributed by atoms with Crippen molar-refractivity contribution < 1.29 is 13.5 Å². The van der Waals surface area contributed by atoms with Gasteiger partial charge in [0, 0.05) is 6.04 Å². The highest BCUT2D eigenvalue weighted by atomic mass is 35.5. The maximum atomic E-state index is 12.9. The molecule has 0 fully saturated rings. The van der Waals surface area contributed by atoms with Crippen LogP contribution < -0.4 is 10.5 Å². The van der Waals surface area contributed by atoms with E-state index in [-0.39, 0.29) is 11.1 Å². The van der Waals surface area contributed by atoms with Gasteiger partial charge in [-0.3, -0.25) is 0 Å². The molecular weight excluding hydrogens is 257 g/mol. The van der Waals surface area contributed by atoms with Crippen LogP contribution in [0, 0.1) is 5.82 Å². The molecule has 0 radical (unpaired) electrons. The molecule has 0 bridgehead atoms. The van der Waals surface area contributed by atoms with Crippen molar-refractivity contribution >= 4 is 11.6 Å². The summed E-state index contributed by atoms with van der Waals surface area (Å²) < 4.78 is 23.9. The van der Waals surface area contributed by atoms with Crippen molar-refractivity contribution in [2.45, 2.75) is 19.1 Å². The zero-order valence-corrected chi connectivity index (χ0v) is 10.5. The molecule has 96 valence electrons. The zero-order chi connectivity index (χ0) is 13.1. The van der Waals surface area contributed by atoms with Gasteiger partial charge in [0.05, 0.1) is 11.3 Å². The summed E-state index contributed by atoms with van der Waals surface area (Å²) in [4.78, 5) is 0. The number of hydrogen-bond donors (Lipinski definition) is 1. The number of ether oxygens (including phenoxy) is 1. The second-order valence-corrected chi connectivity index (χ2v) is 4.39. The summed E-state index contributed by atoms with van der Waals surface area (Å²) in [6.45, 7) is 1.80. The number of rotatable bonds is 4.